The van der Waals surface area contributed by atoms with E-state index in [4.69, 9.17) is 14.3 Å². The molecule has 0 aliphatic rings. The lowest BCUT2D eigenvalue weighted by Crippen LogP contribution is -1.92. The van der Waals surface area contributed by atoms with Gasteiger partial charge in [0.1, 0.15) is 22.3 Å². The minimum absolute atomic E-state index is 0.160. The van der Waals surface area contributed by atoms with Crippen LogP contribution < -0.4 is 0 Å². The number of rotatable bonds is 4. The zero-order valence-corrected chi connectivity index (χ0v) is 29.7. The van der Waals surface area contributed by atoms with Crippen molar-refractivity contribution in [1.29, 1.82) is 0 Å². The van der Waals surface area contributed by atoms with Crippen LogP contribution in [0.4, 0.5) is 0 Å². The van der Waals surface area contributed by atoms with E-state index in [1.54, 1.807) is 0 Å². The summed E-state index contributed by atoms with van der Waals surface area (Å²) >= 11 is 0. The summed E-state index contributed by atoms with van der Waals surface area (Å²) in [5.41, 5.74) is 8.14. The van der Waals surface area contributed by atoms with E-state index in [1.165, 1.54) is 0 Å². The Labute approximate surface area is 333 Å². The molecule has 0 amide bonds. The zero-order valence-electron chi connectivity index (χ0n) is 37.7. The Morgan fingerprint density at radius 1 is 0.321 bits per heavy atom. The lowest BCUT2D eigenvalue weighted by atomic mass is 9.83. The maximum absolute atomic E-state index is 9.58. The summed E-state index contributed by atoms with van der Waals surface area (Å²) in [5.74, 6) is 0. The summed E-state index contributed by atoms with van der Waals surface area (Å²) in [4.78, 5) is 0. The Morgan fingerprint density at radius 2 is 0.875 bits per heavy atom. The van der Waals surface area contributed by atoms with Crippen LogP contribution in [0.15, 0.2) is 203 Å². The molecular weight excluding hydrogens is 681 g/mol. The number of furan rings is 2. The van der Waals surface area contributed by atoms with Gasteiger partial charge in [0.15, 0.2) is 0 Å². The molecule has 2 heteroatoms. The van der Waals surface area contributed by atoms with Crippen molar-refractivity contribution in [1.82, 2.24) is 0 Å². The second kappa shape index (κ2) is 12.0. The lowest BCUT2D eigenvalue weighted by Gasteiger charge is -2.19. The summed E-state index contributed by atoms with van der Waals surface area (Å²) < 4.78 is 86.8. The number of hydrogen-bond donors (Lipinski definition) is 0. The SMILES string of the molecule is [2H]c1c([2H])c([2H])c2c(-c3cccc4ccccc34)c3c([2H])c([2H])c([2H])c([2H])c3c(-c3cccc(-c4c(-c5ccc6oc7ccccc7c6c5)ccc5oc6ccccc6c45)c3)c2c1[2H]. The topological polar surface area (TPSA) is 26.3 Å². The molecule has 0 fully saturated rings. The van der Waals surface area contributed by atoms with Gasteiger partial charge in [-0.3, -0.25) is 0 Å². The van der Waals surface area contributed by atoms with Crippen molar-refractivity contribution in [2.45, 2.75) is 0 Å². The monoisotopic (exact) mass is 720 g/mol. The van der Waals surface area contributed by atoms with Gasteiger partial charge in [0.05, 0.1) is 11.0 Å². The van der Waals surface area contributed by atoms with Crippen molar-refractivity contribution in [3.8, 4) is 44.5 Å². The molecule has 0 atom stereocenters. The largest absolute Gasteiger partial charge is 0.456 e. The van der Waals surface area contributed by atoms with Crippen LogP contribution in [0.5, 0.6) is 0 Å². The van der Waals surface area contributed by atoms with Crippen molar-refractivity contribution in [2.75, 3.05) is 0 Å². The highest BCUT2D eigenvalue weighted by Gasteiger charge is 2.21. The molecule has 0 saturated carbocycles. The molecule has 260 valence electrons. The normalized spacial score (nSPS) is 13.9. The molecule has 12 rings (SSSR count). The average molecular weight is 721 g/mol. The van der Waals surface area contributed by atoms with E-state index < -0.39 is 24.2 Å². The molecule has 0 unspecified atom stereocenters. The predicted octanol–water partition coefficient (Wildman–Crippen LogP) is 15.6. The van der Waals surface area contributed by atoms with E-state index in [0.29, 0.717) is 22.3 Å². The van der Waals surface area contributed by atoms with Crippen LogP contribution >= 0.6 is 0 Å². The van der Waals surface area contributed by atoms with Crippen LogP contribution in [0.1, 0.15) is 11.0 Å². The molecule has 12 aromatic rings. The highest BCUT2D eigenvalue weighted by Crippen LogP contribution is 2.48. The van der Waals surface area contributed by atoms with E-state index in [-0.39, 0.29) is 51.3 Å². The number of fused-ring (bicyclic) bond motifs is 9. The van der Waals surface area contributed by atoms with E-state index in [0.717, 1.165) is 71.3 Å². The van der Waals surface area contributed by atoms with Crippen molar-refractivity contribution < 1.29 is 19.8 Å². The van der Waals surface area contributed by atoms with Crippen LogP contribution in [0.2, 0.25) is 0 Å². The zero-order chi connectivity index (χ0) is 43.7. The highest BCUT2D eigenvalue weighted by molar-refractivity contribution is 6.24. The first-order chi connectivity index (χ1) is 31.1. The van der Waals surface area contributed by atoms with E-state index in [9.17, 15) is 5.48 Å². The van der Waals surface area contributed by atoms with Gasteiger partial charge in [0.2, 0.25) is 0 Å². The second-order valence-electron chi connectivity index (χ2n) is 14.1. The van der Waals surface area contributed by atoms with Gasteiger partial charge in [0, 0.05) is 27.1 Å². The Bertz CT molecular complexity index is 3930. The number of para-hydroxylation sites is 2. The third kappa shape index (κ3) is 4.57. The third-order valence-electron chi connectivity index (χ3n) is 11.1. The first kappa shape index (κ1) is 24.1. The molecule has 0 aliphatic carbocycles. The standard InChI is InChI=1S/C54H32O2/c1-2-17-37-33(13-1)14-12-24-40(37)53-43-21-5-3-19-41(43)51(42-20-4-6-22-44(42)53)35-15-11-16-36(31-35)52-38(28-30-50-54(52)45-23-8-10-26-48(45)56-50)34-27-29-49-46(32-34)39-18-7-9-25-47(39)55-49/h1-32H/i3D,4D,5D,6D,19D,20D,21D,22D. The Balaban J connectivity index is 1.23. The Morgan fingerprint density at radius 3 is 1.64 bits per heavy atom. The van der Waals surface area contributed by atoms with Gasteiger partial charge in [-0.2, -0.15) is 0 Å². The summed E-state index contributed by atoms with van der Waals surface area (Å²) in [5, 5.41) is 6.07. The second-order valence-corrected chi connectivity index (χ2v) is 14.1. The number of hydrogen-bond acceptors (Lipinski definition) is 2. The Kier molecular flexibility index (Phi) is 5.18. The Hall–Kier alpha value is -7.42. The van der Waals surface area contributed by atoms with Gasteiger partial charge in [-0.15, -0.1) is 0 Å². The van der Waals surface area contributed by atoms with Gasteiger partial charge >= 0.3 is 0 Å². The number of benzene rings is 10. The summed E-state index contributed by atoms with van der Waals surface area (Å²) in [6, 6.07) is 44.0. The smallest absolute Gasteiger partial charge is 0.136 e. The maximum Gasteiger partial charge on any atom is 0.136 e. The third-order valence-corrected chi connectivity index (χ3v) is 11.1. The van der Waals surface area contributed by atoms with Crippen LogP contribution in [0, 0.1) is 0 Å². The van der Waals surface area contributed by atoms with Gasteiger partial charge in [-0.05, 0) is 108 Å². The minimum atomic E-state index is -0.446. The first-order valence-electron chi connectivity index (χ1n) is 22.5. The fraction of sp³-hybridized carbons (Fsp3) is 0. The molecule has 0 saturated heterocycles. The average Bonchev–Trinajstić information content (AvgIpc) is 3.90. The fourth-order valence-corrected chi connectivity index (χ4v) is 8.71. The molecule has 0 aliphatic heterocycles. The van der Waals surface area contributed by atoms with Crippen LogP contribution in [0.3, 0.4) is 0 Å². The van der Waals surface area contributed by atoms with Crippen molar-refractivity contribution >= 4 is 76.2 Å². The molecule has 56 heavy (non-hydrogen) atoms. The molecular formula is C54H32O2. The quantitative estimate of drug-likeness (QED) is 0.169. The highest BCUT2D eigenvalue weighted by atomic mass is 16.3. The van der Waals surface area contributed by atoms with E-state index in [1.807, 2.05) is 140 Å². The van der Waals surface area contributed by atoms with Crippen molar-refractivity contribution in [3.05, 3.63) is 194 Å². The molecule has 0 bridgehead atoms. The van der Waals surface area contributed by atoms with E-state index in [2.05, 4.69) is 6.07 Å². The van der Waals surface area contributed by atoms with Gasteiger partial charge in [-0.1, -0.05) is 158 Å². The summed E-state index contributed by atoms with van der Waals surface area (Å²) in [7, 11) is 0. The molecule has 10 aromatic carbocycles. The molecule has 0 radical (unpaired) electrons. The molecule has 0 N–H and O–H groups in total. The first-order valence-corrected chi connectivity index (χ1v) is 18.5. The van der Waals surface area contributed by atoms with Crippen LogP contribution in [-0.2, 0) is 0 Å². The maximum atomic E-state index is 9.58. The van der Waals surface area contributed by atoms with E-state index >= 15 is 0 Å². The molecule has 2 heterocycles. The minimum Gasteiger partial charge on any atom is -0.456 e. The summed E-state index contributed by atoms with van der Waals surface area (Å²) in [6.07, 6.45) is 0. The van der Waals surface area contributed by atoms with Crippen molar-refractivity contribution in [2.24, 2.45) is 0 Å². The lowest BCUT2D eigenvalue weighted by molar-refractivity contribution is 0.668. The molecule has 0 spiro atoms. The van der Waals surface area contributed by atoms with Crippen LogP contribution in [0.25, 0.3) is 121 Å². The fourth-order valence-electron chi connectivity index (χ4n) is 8.71. The predicted molar refractivity (Wildman–Crippen MR) is 235 cm³/mol. The molecule has 2 nitrogen and oxygen atoms in total. The van der Waals surface area contributed by atoms with Crippen LogP contribution in [-0.4, -0.2) is 0 Å². The van der Waals surface area contributed by atoms with Gasteiger partial charge in [0.25, 0.3) is 0 Å². The van der Waals surface area contributed by atoms with Gasteiger partial charge in [-0.25, -0.2) is 0 Å². The molecule has 2 aromatic heterocycles. The summed E-state index contributed by atoms with van der Waals surface area (Å²) in [6.45, 7) is 0. The van der Waals surface area contributed by atoms with Gasteiger partial charge < -0.3 is 8.83 Å². The van der Waals surface area contributed by atoms with Crippen molar-refractivity contribution in [3.63, 3.8) is 0 Å².